The van der Waals surface area contributed by atoms with Gasteiger partial charge in [0.15, 0.2) is 0 Å². The summed E-state index contributed by atoms with van der Waals surface area (Å²) in [6, 6.07) is 5.38. The summed E-state index contributed by atoms with van der Waals surface area (Å²) in [6.07, 6.45) is -0.00453. The summed E-state index contributed by atoms with van der Waals surface area (Å²) in [5, 5.41) is 0. The van der Waals surface area contributed by atoms with Crippen LogP contribution in [0.25, 0.3) is 0 Å². The Morgan fingerprint density at radius 1 is 1.24 bits per heavy atom. The Labute approximate surface area is 125 Å². The van der Waals surface area contributed by atoms with Crippen molar-refractivity contribution in [1.82, 2.24) is 0 Å². The number of rotatable bonds is 3. The fourth-order valence-corrected chi connectivity index (χ4v) is 2.26. The minimum absolute atomic E-state index is 0.393. The Kier molecular flexibility index (Phi) is 4.04. The molecular formula is C15H22BNO4. The van der Waals surface area contributed by atoms with E-state index in [1.807, 2.05) is 33.8 Å². The van der Waals surface area contributed by atoms with Crippen molar-refractivity contribution < 1.29 is 18.8 Å². The van der Waals surface area contributed by atoms with Crippen molar-refractivity contribution in [2.75, 3.05) is 0 Å². The molecule has 1 aromatic rings. The standard InChI is InChI=1S/C15H22BNO4/c1-6-10-7-8-11(19-13(17)18)9-12(10)16-20-14(2,3)15(4,5)21-16/h7-9H,6H2,1-5H3,(H2,17,18). The fourth-order valence-electron chi connectivity index (χ4n) is 2.26. The van der Waals surface area contributed by atoms with Gasteiger partial charge in [-0.15, -0.1) is 0 Å². The molecule has 1 heterocycles. The highest BCUT2D eigenvalue weighted by atomic mass is 16.7. The molecule has 0 unspecified atom stereocenters. The van der Waals surface area contributed by atoms with E-state index in [-0.39, 0.29) is 0 Å². The first-order valence-corrected chi connectivity index (χ1v) is 7.12. The third-order valence-corrected chi connectivity index (χ3v) is 4.22. The van der Waals surface area contributed by atoms with Crippen molar-refractivity contribution in [3.8, 4) is 5.75 Å². The number of benzene rings is 1. The topological polar surface area (TPSA) is 70.8 Å². The number of hydrogen-bond acceptors (Lipinski definition) is 4. The van der Waals surface area contributed by atoms with E-state index in [0.29, 0.717) is 5.75 Å². The van der Waals surface area contributed by atoms with Gasteiger partial charge in [-0.05, 0) is 57.3 Å². The van der Waals surface area contributed by atoms with Gasteiger partial charge in [0.2, 0.25) is 0 Å². The number of nitrogens with two attached hydrogens (primary N) is 1. The maximum atomic E-state index is 10.9. The number of carbonyl (C=O) groups excluding carboxylic acids is 1. The van der Waals surface area contributed by atoms with Crippen LogP contribution in [-0.2, 0) is 15.7 Å². The first kappa shape index (κ1) is 15.9. The summed E-state index contributed by atoms with van der Waals surface area (Å²) in [6.45, 7) is 10.1. The highest BCUT2D eigenvalue weighted by molar-refractivity contribution is 6.62. The third kappa shape index (κ3) is 3.06. The molecule has 0 saturated carbocycles. The second-order valence-corrected chi connectivity index (χ2v) is 6.22. The first-order chi connectivity index (χ1) is 9.66. The molecule has 5 nitrogen and oxygen atoms in total. The number of amides is 1. The fraction of sp³-hybridized carbons (Fsp3) is 0.533. The van der Waals surface area contributed by atoms with E-state index in [0.717, 1.165) is 17.4 Å². The number of carbonyl (C=O) groups is 1. The second-order valence-electron chi connectivity index (χ2n) is 6.22. The van der Waals surface area contributed by atoms with Crippen LogP contribution in [-0.4, -0.2) is 24.4 Å². The summed E-state index contributed by atoms with van der Waals surface area (Å²) in [5.74, 6) is 0.393. The van der Waals surface area contributed by atoms with Gasteiger partial charge in [-0.25, -0.2) is 4.79 Å². The van der Waals surface area contributed by atoms with Crippen molar-refractivity contribution in [2.45, 2.75) is 52.2 Å². The van der Waals surface area contributed by atoms with Crippen LogP contribution in [0.3, 0.4) is 0 Å². The van der Waals surface area contributed by atoms with E-state index in [2.05, 4.69) is 6.92 Å². The van der Waals surface area contributed by atoms with Gasteiger partial charge in [0.05, 0.1) is 11.2 Å². The Bertz CT molecular complexity index is 541. The number of ether oxygens (including phenoxy) is 1. The minimum Gasteiger partial charge on any atom is -0.411 e. The largest absolute Gasteiger partial charge is 0.495 e. The molecule has 1 fully saturated rings. The van der Waals surface area contributed by atoms with E-state index in [1.165, 1.54) is 0 Å². The Morgan fingerprint density at radius 2 is 1.81 bits per heavy atom. The lowest BCUT2D eigenvalue weighted by Crippen LogP contribution is -2.41. The lowest BCUT2D eigenvalue weighted by Gasteiger charge is -2.32. The molecule has 0 radical (unpaired) electrons. The lowest BCUT2D eigenvalue weighted by atomic mass is 9.75. The summed E-state index contributed by atoms with van der Waals surface area (Å²) in [4.78, 5) is 10.9. The maximum absolute atomic E-state index is 10.9. The molecule has 0 spiro atoms. The van der Waals surface area contributed by atoms with Gasteiger partial charge >= 0.3 is 13.2 Å². The van der Waals surface area contributed by atoms with Gasteiger partial charge < -0.3 is 19.8 Å². The highest BCUT2D eigenvalue weighted by Gasteiger charge is 2.52. The Balaban J connectivity index is 2.36. The second kappa shape index (κ2) is 5.35. The van der Waals surface area contributed by atoms with Crippen LogP contribution in [0.5, 0.6) is 5.75 Å². The van der Waals surface area contributed by atoms with Crippen LogP contribution in [0.1, 0.15) is 40.2 Å². The van der Waals surface area contributed by atoms with Crippen molar-refractivity contribution in [1.29, 1.82) is 0 Å². The molecule has 0 aliphatic carbocycles. The smallest absolute Gasteiger partial charge is 0.411 e. The Hall–Kier alpha value is -1.53. The molecule has 2 N–H and O–H groups in total. The minimum atomic E-state index is -0.834. The molecule has 1 saturated heterocycles. The molecule has 6 heteroatoms. The Morgan fingerprint density at radius 3 is 2.29 bits per heavy atom. The summed E-state index contributed by atoms with van der Waals surface area (Å²) in [5.41, 5.74) is 6.19. The normalized spacial score (nSPS) is 19.6. The van der Waals surface area contributed by atoms with Gasteiger partial charge in [-0.3, -0.25) is 0 Å². The molecule has 0 atom stereocenters. The van der Waals surface area contributed by atoms with Crippen molar-refractivity contribution in [2.24, 2.45) is 5.73 Å². The zero-order valence-electron chi connectivity index (χ0n) is 13.2. The predicted molar refractivity (Wildman–Crippen MR) is 81.7 cm³/mol. The first-order valence-electron chi connectivity index (χ1n) is 7.12. The molecule has 1 aliphatic rings. The summed E-state index contributed by atoms with van der Waals surface area (Å²) < 4.78 is 17.1. The van der Waals surface area contributed by atoms with Crippen LogP contribution in [0.2, 0.25) is 0 Å². The highest BCUT2D eigenvalue weighted by Crippen LogP contribution is 2.37. The molecule has 21 heavy (non-hydrogen) atoms. The molecule has 0 aromatic heterocycles. The number of primary amides is 1. The molecule has 0 bridgehead atoms. The number of aryl methyl sites for hydroxylation is 1. The zero-order valence-corrected chi connectivity index (χ0v) is 13.2. The SMILES string of the molecule is CCc1ccc(OC(N)=O)cc1B1OC(C)(C)C(C)(C)O1. The molecule has 2 rings (SSSR count). The van der Waals surface area contributed by atoms with Gasteiger partial charge in [0.25, 0.3) is 0 Å². The van der Waals surface area contributed by atoms with E-state index in [4.69, 9.17) is 19.8 Å². The average molecular weight is 291 g/mol. The van der Waals surface area contributed by atoms with Crippen LogP contribution in [0.4, 0.5) is 4.79 Å². The van der Waals surface area contributed by atoms with Crippen molar-refractivity contribution in [3.05, 3.63) is 23.8 Å². The molecular weight excluding hydrogens is 269 g/mol. The third-order valence-electron chi connectivity index (χ3n) is 4.22. The molecule has 114 valence electrons. The predicted octanol–water partition coefficient (Wildman–Crippen LogP) is 2.01. The van der Waals surface area contributed by atoms with Crippen LogP contribution >= 0.6 is 0 Å². The van der Waals surface area contributed by atoms with Crippen molar-refractivity contribution >= 4 is 18.7 Å². The van der Waals surface area contributed by atoms with E-state index in [1.54, 1.807) is 12.1 Å². The quantitative estimate of drug-likeness (QED) is 0.865. The zero-order chi connectivity index (χ0) is 15.8. The summed E-state index contributed by atoms with van der Waals surface area (Å²) in [7, 11) is -0.485. The average Bonchev–Trinajstić information content (AvgIpc) is 2.57. The van der Waals surface area contributed by atoms with Crippen LogP contribution in [0, 0.1) is 0 Å². The van der Waals surface area contributed by atoms with Crippen LogP contribution in [0.15, 0.2) is 18.2 Å². The van der Waals surface area contributed by atoms with Gasteiger partial charge in [-0.2, -0.15) is 0 Å². The lowest BCUT2D eigenvalue weighted by molar-refractivity contribution is 0.00578. The van der Waals surface area contributed by atoms with Gasteiger partial charge in [0.1, 0.15) is 5.75 Å². The van der Waals surface area contributed by atoms with Gasteiger partial charge in [0, 0.05) is 0 Å². The van der Waals surface area contributed by atoms with Gasteiger partial charge in [-0.1, -0.05) is 13.0 Å². The molecule has 1 aromatic carbocycles. The van der Waals surface area contributed by atoms with E-state index < -0.39 is 24.4 Å². The number of hydrogen-bond donors (Lipinski definition) is 1. The van der Waals surface area contributed by atoms with Crippen LogP contribution < -0.4 is 15.9 Å². The van der Waals surface area contributed by atoms with Crippen molar-refractivity contribution in [3.63, 3.8) is 0 Å². The van der Waals surface area contributed by atoms with E-state index >= 15 is 0 Å². The molecule has 1 aliphatic heterocycles. The monoisotopic (exact) mass is 291 g/mol. The van der Waals surface area contributed by atoms with E-state index in [9.17, 15) is 4.79 Å². The molecule has 1 amide bonds. The summed E-state index contributed by atoms with van der Waals surface area (Å²) >= 11 is 0. The maximum Gasteiger partial charge on any atom is 0.495 e.